The van der Waals surface area contributed by atoms with E-state index in [4.69, 9.17) is 5.73 Å². The Balaban J connectivity index is 3.03. The van der Waals surface area contributed by atoms with Crippen molar-refractivity contribution >= 4 is 33.2 Å². The molecule has 0 fully saturated rings. The highest BCUT2D eigenvalue weighted by Crippen LogP contribution is 2.28. The van der Waals surface area contributed by atoms with E-state index in [9.17, 15) is 18.5 Å². The predicted octanol–water partition coefficient (Wildman–Crippen LogP) is 1.91. The molecule has 7 nitrogen and oxygen atoms in total. The van der Waals surface area contributed by atoms with Crippen LogP contribution in [0.25, 0.3) is 0 Å². The zero-order valence-corrected chi connectivity index (χ0v) is 13.8. The summed E-state index contributed by atoms with van der Waals surface area (Å²) in [6.07, 6.45) is 2.63. The molecule has 0 aliphatic carbocycles. The van der Waals surface area contributed by atoms with Gasteiger partial charge in [-0.1, -0.05) is 6.92 Å². The number of aryl methyl sites for hydroxylation is 1. The average molecular weight is 333 g/mol. The molecule has 21 heavy (non-hydrogen) atoms. The van der Waals surface area contributed by atoms with Crippen LogP contribution in [0.1, 0.15) is 18.9 Å². The van der Waals surface area contributed by atoms with E-state index < -0.39 is 20.6 Å². The molecule has 9 heteroatoms. The zero-order chi connectivity index (χ0) is 16.2. The van der Waals surface area contributed by atoms with Crippen molar-refractivity contribution in [1.29, 1.82) is 0 Å². The van der Waals surface area contributed by atoms with Crippen molar-refractivity contribution < 1.29 is 13.3 Å². The Bertz CT molecular complexity index is 632. The number of nitro benzene ring substituents is 1. The van der Waals surface area contributed by atoms with Gasteiger partial charge in [0, 0.05) is 17.9 Å². The maximum Gasteiger partial charge on any atom is 0.293 e. The van der Waals surface area contributed by atoms with E-state index in [1.54, 1.807) is 18.7 Å². The van der Waals surface area contributed by atoms with E-state index >= 15 is 0 Å². The predicted molar refractivity (Wildman–Crippen MR) is 85.0 cm³/mol. The number of nitrogens with two attached hydrogens (primary N) is 1. The Kier molecular flexibility index (Phi) is 5.99. The van der Waals surface area contributed by atoms with Crippen LogP contribution in [-0.4, -0.2) is 31.4 Å². The molecule has 0 radical (unpaired) electrons. The number of nitrogens with zero attached hydrogens (tertiary/aromatic N) is 1. The van der Waals surface area contributed by atoms with Gasteiger partial charge in [-0.15, -0.1) is 0 Å². The number of benzene rings is 1. The minimum Gasteiger partial charge on any atom is -0.393 e. The van der Waals surface area contributed by atoms with Crippen molar-refractivity contribution in [2.24, 2.45) is 0 Å². The lowest BCUT2D eigenvalue weighted by molar-refractivity contribution is -0.384. The minimum atomic E-state index is -3.79. The zero-order valence-electron chi connectivity index (χ0n) is 12.1. The van der Waals surface area contributed by atoms with Crippen molar-refractivity contribution in [3.05, 3.63) is 27.8 Å². The third-order valence-corrected chi connectivity index (χ3v) is 5.70. The summed E-state index contributed by atoms with van der Waals surface area (Å²) in [5.41, 5.74) is 5.46. The molecule has 0 bridgehead atoms. The van der Waals surface area contributed by atoms with Crippen LogP contribution in [0.3, 0.4) is 0 Å². The first-order chi connectivity index (χ1) is 9.69. The van der Waals surface area contributed by atoms with Gasteiger partial charge in [-0.3, -0.25) is 10.1 Å². The highest BCUT2D eigenvalue weighted by molar-refractivity contribution is 7.99. The Hall–Kier alpha value is -1.32. The molecule has 0 saturated heterocycles. The van der Waals surface area contributed by atoms with Crippen molar-refractivity contribution in [3.63, 3.8) is 0 Å². The molecule has 1 atom stereocenters. The van der Waals surface area contributed by atoms with Crippen LogP contribution >= 0.6 is 11.8 Å². The van der Waals surface area contributed by atoms with Gasteiger partial charge in [0.2, 0.25) is 10.0 Å². The maximum absolute atomic E-state index is 12.2. The summed E-state index contributed by atoms with van der Waals surface area (Å²) in [7, 11) is -3.79. The van der Waals surface area contributed by atoms with E-state index in [2.05, 4.69) is 4.72 Å². The monoisotopic (exact) mass is 333 g/mol. The standard InChI is InChI=1S/C12H19N3O4S2/c1-8-6-10(13)11(15(16)17)7-12(8)21(18,19)14-5-4-9(2)20-3/h6-7,9,14H,4-5,13H2,1-3H3. The largest absolute Gasteiger partial charge is 0.393 e. The molecule has 1 rings (SSSR count). The molecule has 1 unspecified atom stereocenters. The fraction of sp³-hybridized carbons (Fsp3) is 0.500. The van der Waals surface area contributed by atoms with Crippen molar-refractivity contribution in [2.75, 3.05) is 18.5 Å². The van der Waals surface area contributed by atoms with E-state index in [-0.39, 0.29) is 17.1 Å². The van der Waals surface area contributed by atoms with Gasteiger partial charge < -0.3 is 5.73 Å². The summed E-state index contributed by atoms with van der Waals surface area (Å²) in [5.74, 6) is 0. The van der Waals surface area contributed by atoms with Gasteiger partial charge in [-0.25, -0.2) is 13.1 Å². The van der Waals surface area contributed by atoms with Crippen molar-refractivity contribution in [1.82, 2.24) is 4.72 Å². The van der Waals surface area contributed by atoms with Crippen molar-refractivity contribution in [3.8, 4) is 0 Å². The highest BCUT2D eigenvalue weighted by atomic mass is 32.2. The number of rotatable bonds is 7. The van der Waals surface area contributed by atoms with Crippen LogP contribution < -0.4 is 10.5 Å². The Labute approximate surface area is 128 Å². The first kappa shape index (κ1) is 17.7. The van der Waals surface area contributed by atoms with Gasteiger partial charge in [0.25, 0.3) is 5.69 Å². The summed E-state index contributed by atoms with van der Waals surface area (Å²) >= 11 is 1.64. The van der Waals surface area contributed by atoms with Gasteiger partial charge in [0.05, 0.1) is 9.82 Å². The fourth-order valence-electron chi connectivity index (χ4n) is 1.74. The van der Waals surface area contributed by atoms with Gasteiger partial charge in [0.15, 0.2) is 0 Å². The number of anilines is 1. The number of sulfonamides is 1. The summed E-state index contributed by atoms with van der Waals surface area (Å²) < 4.78 is 26.9. The van der Waals surface area contributed by atoms with Crippen molar-refractivity contribution in [2.45, 2.75) is 30.4 Å². The molecular formula is C12H19N3O4S2. The highest BCUT2D eigenvalue weighted by Gasteiger charge is 2.22. The first-order valence-corrected chi connectivity index (χ1v) is 9.03. The molecule has 0 amide bonds. The second-order valence-corrected chi connectivity index (χ2v) is 7.68. The first-order valence-electron chi connectivity index (χ1n) is 6.26. The molecule has 0 spiro atoms. The summed E-state index contributed by atoms with van der Waals surface area (Å²) in [6, 6.07) is 2.31. The van der Waals surface area contributed by atoms with Crippen LogP contribution in [0.4, 0.5) is 11.4 Å². The SMILES string of the molecule is CSC(C)CCNS(=O)(=O)c1cc([N+](=O)[O-])c(N)cc1C. The second kappa shape index (κ2) is 7.10. The molecule has 118 valence electrons. The lowest BCUT2D eigenvalue weighted by atomic mass is 10.2. The maximum atomic E-state index is 12.2. The molecule has 1 aromatic rings. The van der Waals surface area contributed by atoms with E-state index in [1.807, 2.05) is 13.2 Å². The lowest BCUT2D eigenvalue weighted by Crippen LogP contribution is -2.27. The van der Waals surface area contributed by atoms with Crippen LogP contribution in [0.15, 0.2) is 17.0 Å². The quantitative estimate of drug-likeness (QED) is 0.447. The number of nitrogen functional groups attached to an aromatic ring is 1. The number of thioether (sulfide) groups is 1. The topological polar surface area (TPSA) is 115 Å². The van der Waals surface area contributed by atoms with Gasteiger partial charge in [-0.05, 0) is 31.2 Å². The molecule has 3 N–H and O–H groups in total. The molecule has 0 heterocycles. The molecular weight excluding hydrogens is 314 g/mol. The van der Waals surface area contributed by atoms with E-state index in [0.717, 1.165) is 6.07 Å². The smallest absolute Gasteiger partial charge is 0.293 e. The van der Waals surface area contributed by atoms with Gasteiger partial charge in [0.1, 0.15) is 5.69 Å². The third-order valence-electron chi connectivity index (χ3n) is 3.06. The number of nitrogens with one attached hydrogen (secondary N) is 1. The average Bonchev–Trinajstić information content (AvgIpc) is 2.37. The van der Waals surface area contributed by atoms with E-state index in [1.165, 1.54) is 6.07 Å². The normalized spacial score (nSPS) is 13.1. The summed E-state index contributed by atoms with van der Waals surface area (Å²) in [6.45, 7) is 3.83. The molecule has 0 aromatic heterocycles. The number of hydrogen-bond acceptors (Lipinski definition) is 6. The Morgan fingerprint density at radius 1 is 1.48 bits per heavy atom. The minimum absolute atomic E-state index is 0.0487. The van der Waals surface area contributed by atoms with Crippen LogP contribution in [0, 0.1) is 17.0 Å². The Morgan fingerprint density at radius 3 is 2.62 bits per heavy atom. The molecule has 0 aliphatic rings. The third kappa shape index (κ3) is 4.58. The van der Waals surface area contributed by atoms with Crippen LogP contribution in [0.2, 0.25) is 0 Å². The molecule has 0 saturated carbocycles. The number of nitro groups is 1. The molecule has 0 aliphatic heterocycles. The van der Waals surface area contributed by atoms with Crippen LogP contribution in [-0.2, 0) is 10.0 Å². The fourth-order valence-corrected chi connectivity index (χ4v) is 3.38. The Morgan fingerprint density at radius 2 is 2.10 bits per heavy atom. The summed E-state index contributed by atoms with van der Waals surface area (Å²) in [4.78, 5) is 10.1. The van der Waals surface area contributed by atoms with Crippen LogP contribution in [0.5, 0.6) is 0 Å². The number of hydrogen-bond donors (Lipinski definition) is 2. The van der Waals surface area contributed by atoms with Gasteiger partial charge >= 0.3 is 0 Å². The second-order valence-electron chi connectivity index (χ2n) is 4.67. The molecule has 1 aromatic carbocycles. The lowest BCUT2D eigenvalue weighted by Gasteiger charge is -2.12. The summed E-state index contributed by atoms with van der Waals surface area (Å²) in [5, 5.41) is 11.2. The van der Waals surface area contributed by atoms with E-state index in [0.29, 0.717) is 17.2 Å². The van der Waals surface area contributed by atoms with Gasteiger partial charge in [-0.2, -0.15) is 11.8 Å².